The third-order valence-electron chi connectivity index (χ3n) is 3.07. The Labute approximate surface area is 107 Å². The lowest BCUT2D eigenvalue weighted by molar-refractivity contribution is 0.669. The molecule has 0 spiro atoms. The Hall–Kier alpha value is -2.13. The zero-order chi connectivity index (χ0) is 12.1. The second kappa shape index (κ2) is 3.43. The lowest BCUT2D eigenvalue weighted by atomic mass is 10.1. The lowest BCUT2D eigenvalue weighted by Crippen LogP contribution is -1.82. The van der Waals surface area contributed by atoms with Crippen LogP contribution in [-0.4, -0.2) is 9.97 Å². The molecular weight excluding hydrogens is 248 g/mol. The van der Waals surface area contributed by atoms with E-state index >= 15 is 0 Å². The van der Waals surface area contributed by atoms with Gasteiger partial charge in [0.2, 0.25) is 0 Å². The van der Waals surface area contributed by atoms with Crippen LogP contribution in [0.15, 0.2) is 47.3 Å². The summed E-state index contributed by atoms with van der Waals surface area (Å²) in [6.45, 7) is 0. The van der Waals surface area contributed by atoms with Crippen molar-refractivity contribution >= 4 is 44.4 Å². The topological polar surface area (TPSA) is 38.9 Å². The molecule has 4 aromatic rings. The summed E-state index contributed by atoms with van der Waals surface area (Å²) < 4.78 is 5.80. The van der Waals surface area contributed by atoms with Crippen LogP contribution in [0.2, 0.25) is 5.02 Å². The Morgan fingerprint density at radius 1 is 1.17 bits per heavy atom. The summed E-state index contributed by atoms with van der Waals surface area (Å²) in [5.74, 6) is 0. The number of benzene rings is 2. The van der Waals surface area contributed by atoms with Gasteiger partial charge in [0, 0.05) is 17.0 Å². The zero-order valence-electron chi connectivity index (χ0n) is 9.22. The number of fused-ring (bicyclic) bond motifs is 5. The summed E-state index contributed by atoms with van der Waals surface area (Å²) in [7, 11) is 0. The van der Waals surface area contributed by atoms with Gasteiger partial charge in [0.05, 0.1) is 15.9 Å². The van der Waals surface area contributed by atoms with Gasteiger partial charge in [-0.25, -0.2) is 9.97 Å². The van der Waals surface area contributed by atoms with Crippen molar-refractivity contribution in [1.29, 1.82) is 0 Å². The van der Waals surface area contributed by atoms with Gasteiger partial charge in [-0.3, -0.25) is 0 Å². The molecule has 0 bridgehead atoms. The molecule has 0 amide bonds. The first kappa shape index (κ1) is 9.85. The Morgan fingerprint density at radius 2 is 2.06 bits per heavy atom. The van der Waals surface area contributed by atoms with E-state index in [-0.39, 0.29) is 0 Å². The van der Waals surface area contributed by atoms with Crippen molar-refractivity contribution in [2.24, 2.45) is 0 Å². The molecule has 0 aliphatic rings. The minimum Gasteiger partial charge on any atom is -0.454 e. The fourth-order valence-corrected chi connectivity index (χ4v) is 2.56. The molecule has 4 heteroatoms. The van der Waals surface area contributed by atoms with Crippen LogP contribution in [0.5, 0.6) is 0 Å². The van der Waals surface area contributed by atoms with Gasteiger partial charge in [0.1, 0.15) is 11.9 Å². The standard InChI is InChI=1S/C14H7ClN2O/c15-10-5-8-6-16-7-17-13(8)12-9-3-1-2-4-11(9)18-14(10)12/h1-7H. The third kappa shape index (κ3) is 1.19. The summed E-state index contributed by atoms with van der Waals surface area (Å²) in [5, 5.41) is 3.49. The number of halogens is 1. The highest BCUT2D eigenvalue weighted by Gasteiger charge is 2.14. The van der Waals surface area contributed by atoms with Gasteiger partial charge in [-0.2, -0.15) is 0 Å². The van der Waals surface area contributed by atoms with Crippen molar-refractivity contribution in [2.45, 2.75) is 0 Å². The maximum atomic E-state index is 6.26. The summed E-state index contributed by atoms with van der Waals surface area (Å²) in [5.41, 5.74) is 2.37. The summed E-state index contributed by atoms with van der Waals surface area (Å²) >= 11 is 6.26. The molecule has 0 radical (unpaired) electrons. The SMILES string of the molecule is Clc1cc2cncnc2c2c1oc1ccccc12. The van der Waals surface area contributed by atoms with Crippen molar-refractivity contribution in [3.8, 4) is 0 Å². The van der Waals surface area contributed by atoms with Crippen LogP contribution in [0.4, 0.5) is 0 Å². The summed E-state index contributed by atoms with van der Waals surface area (Å²) in [6.07, 6.45) is 3.30. The minimum atomic E-state index is 0.587. The average molecular weight is 255 g/mol. The quantitative estimate of drug-likeness (QED) is 0.472. The van der Waals surface area contributed by atoms with E-state index in [0.717, 1.165) is 27.3 Å². The van der Waals surface area contributed by atoms with Crippen LogP contribution in [0.25, 0.3) is 32.8 Å². The van der Waals surface area contributed by atoms with Crippen LogP contribution < -0.4 is 0 Å². The molecule has 0 saturated heterocycles. The predicted molar refractivity (Wildman–Crippen MR) is 71.8 cm³/mol. The van der Waals surface area contributed by atoms with E-state index < -0.39 is 0 Å². The third-order valence-corrected chi connectivity index (χ3v) is 3.35. The average Bonchev–Trinajstić information content (AvgIpc) is 2.79. The summed E-state index contributed by atoms with van der Waals surface area (Å²) in [4.78, 5) is 8.37. The number of hydrogen-bond acceptors (Lipinski definition) is 3. The molecule has 2 heterocycles. The van der Waals surface area contributed by atoms with Gasteiger partial charge in [-0.05, 0) is 12.1 Å². The van der Waals surface area contributed by atoms with E-state index in [1.54, 1.807) is 6.20 Å². The molecule has 0 fully saturated rings. The molecule has 0 N–H and O–H groups in total. The van der Waals surface area contributed by atoms with Gasteiger partial charge in [-0.1, -0.05) is 29.8 Å². The molecule has 2 aromatic heterocycles. The number of furan rings is 1. The Balaban J connectivity index is 2.41. The van der Waals surface area contributed by atoms with Gasteiger partial charge in [0.15, 0.2) is 5.58 Å². The van der Waals surface area contributed by atoms with Crippen LogP contribution in [0, 0.1) is 0 Å². The van der Waals surface area contributed by atoms with Crippen LogP contribution in [0.1, 0.15) is 0 Å². The van der Waals surface area contributed by atoms with Gasteiger partial charge >= 0.3 is 0 Å². The Kier molecular flexibility index (Phi) is 1.88. The number of hydrogen-bond donors (Lipinski definition) is 0. The second-order valence-electron chi connectivity index (χ2n) is 4.12. The van der Waals surface area contributed by atoms with Crippen molar-refractivity contribution in [3.05, 3.63) is 47.9 Å². The first-order chi connectivity index (χ1) is 8.84. The van der Waals surface area contributed by atoms with Crippen LogP contribution in [0.3, 0.4) is 0 Å². The van der Waals surface area contributed by atoms with Crippen LogP contribution >= 0.6 is 11.6 Å². The number of para-hydroxylation sites is 1. The number of aromatic nitrogens is 2. The molecular formula is C14H7ClN2O. The second-order valence-corrected chi connectivity index (χ2v) is 4.53. The molecule has 0 aliphatic carbocycles. The number of nitrogens with zero attached hydrogens (tertiary/aromatic N) is 2. The lowest BCUT2D eigenvalue weighted by Gasteiger charge is -1.99. The maximum Gasteiger partial charge on any atom is 0.156 e. The van der Waals surface area contributed by atoms with Crippen molar-refractivity contribution in [1.82, 2.24) is 9.97 Å². The summed E-state index contributed by atoms with van der Waals surface area (Å²) in [6, 6.07) is 9.69. The first-order valence-corrected chi connectivity index (χ1v) is 5.92. The Morgan fingerprint density at radius 3 is 3.00 bits per heavy atom. The van der Waals surface area contributed by atoms with Crippen molar-refractivity contribution < 1.29 is 4.42 Å². The van der Waals surface area contributed by atoms with Crippen molar-refractivity contribution in [2.75, 3.05) is 0 Å². The fraction of sp³-hybridized carbons (Fsp3) is 0. The first-order valence-electron chi connectivity index (χ1n) is 5.54. The van der Waals surface area contributed by atoms with E-state index in [9.17, 15) is 0 Å². The zero-order valence-corrected chi connectivity index (χ0v) is 9.98. The highest BCUT2D eigenvalue weighted by Crippen LogP contribution is 2.37. The van der Waals surface area contributed by atoms with E-state index in [2.05, 4.69) is 9.97 Å². The molecule has 2 aromatic carbocycles. The number of rotatable bonds is 0. The molecule has 3 nitrogen and oxygen atoms in total. The smallest absolute Gasteiger partial charge is 0.156 e. The minimum absolute atomic E-state index is 0.587. The normalized spacial score (nSPS) is 11.6. The van der Waals surface area contributed by atoms with Gasteiger partial charge in [-0.15, -0.1) is 0 Å². The van der Waals surface area contributed by atoms with E-state index in [1.165, 1.54) is 6.33 Å². The largest absolute Gasteiger partial charge is 0.454 e. The maximum absolute atomic E-state index is 6.26. The highest BCUT2D eigenvalue weighted by atomic mass is 35.5. The van der Waals surface area contributed by atoms with Gasteiger partial charge < -0.3 is 4.42 Å². The van der Waals surface area contributed by atoms with E-state index in [4.69, 9.17) is 16.0 Å². The Bertz CT molecular complexity index is 898. The van der Waals surface area contributed by atoms with Crippen molar-refractivity contribution in [3.63, 3.8) is 0 Å². The fourth-order valence-electron chi connectivity index (χ4n) is 2.31. The van der Waals surface area contributed by atoms with E-state index in [1.807, 2.05) is 30.3 Å². The van der Waals surface area contributed by atoms with Crippen LogP contribution in [-0.2, 0) is 0 Å². The molecule has 0 unspecified atom stereocenters. The van der Waals surface area contributed by atoms with Gasteiger partial charge in [0.25, 0.3) is 0 Å². The molecule has 0 aliphatic heterocycles. The predicted octanol–water partition coefficient (Wildman–Crippen LogP) is 4.18. The molecule has 86 valence electrons. The molecule has 0 atom stereocenters. The molecule has 18 heavy (non-hydrogen) atoms. The molecule has 0 saturated carbocycles. The highest BCUT2D eigenvalue weighted by molar-refractivity contribution is 6.38. The monoisotopic (exact) mass is 254 g/mol. The van der Waals surface area contributed by atoms with E-state index in [0.29, 0.717) is 10.6 Å². The molecule has 4 rings (SSSR count).